The molecule has 0 spiro atoms. The van der Waals surface area contributed by atoms with Gasteiger partial charge in [0.15, 0.2) is 0 Å². The van der Waals surface area contributed by atoms with Crippen LogP contribution in [0.1, 0.15) is 6.92 Å². The van der Waals surface area contributed by atoms with E-state index in [0.29, 0.717) is 22.2 Å². The molecule has 0 aliphatic heterocycles. The Balaban J connectivity index is 1.64. The van der Waals surface area contributed by atoms with Crippen molar-refractivity contribution in [3.8, 4) is 11.4 Å². The summed E-state index contributed by atoms with van der Waals surface area (Å²) in [7, 11) is 0. The Kier molecular flexibility index (Phi) is 5.23. The summed E-state index contributed by atoms with van der Waals surface area (Å²) in [4.78, 5) is 24.5. The van der Waals surface area contributed by atoms with Gasteiger partial charge in [0.25, 0.3) is 0 Å². The first kappa shape index (κ1) is 17.6. The van der Waals surface area contributed by atoms with E-state index in [0.717, 1.165) is 5.56 Å². The number of rotatable bonds is 5. The van der Waals surface area contributed by atoms with Gasteiger partial charge in [-0.3, -0.25) is 9.59 Å². The average Bonchev–Trinajstić information content (AvgIpc) is 3.03. The lowest BCUT2D eigenvalue weighted by molar-refractivity contribution is -0.117. The second kappa shape index (κ2) is 7.75. The number of nitrogens with one attached hydrogen (secondary N) is 2. The van der Waals surface area contributed by atoms with Crippen molar-refractivity contribution in [2.24, 2.45) is 0 Å². The summed E-state index contributed by atoms with van der Waals surface area (Å²) in [5, 5.41) is 18.0. The molecule has 132 valence electrons. The van der Waals surface area contributed by atoms with Gasteiger partial charge >= 0.3 is 0 Å². The number of benzene rings is 2. The minimum atomic E-state index is -0.315. The van der Waals surface area contributed by atoms with Crippen LogP contribution in [0.5, 0.6) is 0 Å². The number of carbonyl (C=O) groups excluding carboxylic acids is 2. The predicted molar refractivity (Wildman–Crippen MR) is 97.6 cm³/mol. The van der Waals surface area contributed by atoms with E-state index in [1.54, 1.807) is 48.5 Å². The average molecular weight is 371 g/mol. The van der Waals surface area contributed by atoms with Crippen molar-refractivity contribution in [2.45, 2.75) is 13.5 Å². The predicted octanol–water partition coefficient (Wildman–Crippen LogP) is 2.59. The van der Waals surface area contributed by atoms with Crippen LogP contribution in [-0.4, -0.2) is 32.0 Å². The number of anilines is 2. The van der Waals surface area contributed by atoms with E-state index in [1.807, 2.05) is 0 Å². The van der Waals surface area contributed by atoms with Gasteiger partial charge < -0.3 is 10.6 Å². The van der Waals surface area contributed by atoms with Crippen LogP contribution in [0.4, 0.5) is 11.4 Å². The second-order valence-corrected chi connectivity index (χ2v) is 5.90. The molecule has 0 fully saturated rings. The number of nitrogens with zero attached hydrogens (tertiary/aromatic N) is 4. The third-order valence-electron chi connectivity index (χ3n) is 3.31. The normalized spacial score (nSPS) is 10.4. The molecular formula is C17H15ClN6O2. The van der Waals surface area contributed by atoms with E-state index < -0.39 is 0 Å². The Morgan fingerprint density at radius 1 is 1.08 bits per heavy atom. The smallest absolute Gasteiger partial charge is 0.248 e. The van der Waals surface area contributed by atoms with Crippen molar-refractivity contribution in [3.05, 3.63) is 53.6 Å². The zero-order valence-electron chi connectivity index (χ0n) is 13.8. The first-order valence-electron chi connectivity index (χ1n) is 7.71. The molecule has 0 aliphatic rings. The fraction of sp³-hybridized carbons (Fsp3) is 0.118. The minimum Gasteiger partial charge on any atom is -0.326 e. The number of amides is 2. The highest BCUT2D eigenvalue weighted by molar-refractivity contribution is 6.30. The van der Waals surface area contributed by atoms with Gasteiger partial charge in [0, 0.05) is 28.9 Å². The van der Waals surface area contributed by atoms with Crippen molar-refractivity contribution in [3.63, 3.8) is 0 Å². The van der Waals surface area contributed by atoms with Crippen LogP contribution in [0.15, 0.2) is 48.5 Å². The summed E-state index contributed by atoms with van der Waals surface area (Å²) in [6.45, 7) is 1.32. The first-order valence-corrected chi connectivity index (χ1v) is 8.08. The molecule has 26 heavy (non-hydrogen) atoms. The maximum absolute atomic E-state index is 12.2. The van der Waals surface area contributed by atoms with Crippen LogP contribution < -0.4 is 10.6 Å². The molecule has 2 N–H and O–H groups in total. The molecule has 0 atom stereocenters. The summed E-state index contributed by atoms with van der Waals surface area (Å²) >= 11 is 5.85. The van der Waals surface area contributed by atoms with Gasteiger partial charge in [-0.1, -0.05) is 17.7 Å². The fourth-order valence-electron chi connectivity index (χ4n) is 2.23. The molecule has 3 rings (SSSR count). The second-order valence-electron chi connectivity index (χ2n) is 5.46. The fourth-order valence-corrected chi connectivity index (χ4v) is 2.36. The summed E-state index contributed by atoms with van der Waals surface area (Å²) in [5.74, 6) is -0.0952. The third-order valence-corrected chi connectivity index (χ3v) is 3.56. The van der Waals surface area contributed by atoms with Gasteiger partial charge in [-0.2, -0.15) is 4.80 Å². The number of hydrogen-bond acceptors (Lipinski definition) is 5. The topological polar surface area (TPSA) is 102 Å². The standard InChI is InChI=1S/C17H15ClN6O2/c1-11(25)19-14-3-2-4-15(9-14)20-16(26)10-24-22-17(21-23-24)12-5-7-13(18)8-6-12/h2-9H,10H2,1H3,(H,19,25)(H,20,26). The van der Waals surface area contributed by atoms with Gasteiger partial charge in [-0.05, 0) is 47.7 Å². The summed E-state index contributed by atoms with van der Waals surface area (Å²) in [6.07, 6.45) is 0. The zero-order valence-corrected chi connectivity index (χ0v) is 14.6. The maximum Gasteiger partial charge on any atom is 0.248 e. The lowest BCUT2D eigenvalue weighted by Crippen LogP contribution is -2.20. The Bertz CT molecular complexity index is 938. The van der Waals surface area contributed by atoms with Gasteiger partial charge in [-0.15, -0.1) is 10.2 Å². The molecule has 1 heterocycles. The molecule has 2 amide bonds. The van der Waals surface area contributed by atoms with Crippen LogP contribution in [0.2, 0.25) is 5.02 Å². The Hall–Kier alpha value is -3.26. The summed E-state index contributed by atoms with van der Waals surface area (Å²) < 4.78 is 0. The number of hydrogen-bond donors (Lipinski definition) is 2. The molecule has 0 saturated heterocycles. The Morgan fingerprint density at radius 2 is 1.77 bits per heavy atom. The van der Waals surface area contributed by atoms with Crippen LogP contribution in [0, 0.1) is 0 Å². The van der Waals surface area contributed by atoms with E-state index in [-0.39, 0.29) is 18.4 Å². The summed E-state index contributed by atoms with van der Waals surface area (Å²) in [6, 6.07) is 13.8. The zero-order chi connectivity index (χ0) is 18.5. The molecule has 3 aromatic rings. The van der Waals surface area contributed by atoms with Gasteiger partial charge in [-0.25, -0.2) is 0 Å². The van der Waals surface area contributed by atoms with Crippen molar-refractivity contribution < 1.29 is 9.59 Å². The molecule has 0 radical (unpaired) electrons. The third kappa shape index (κ3) is 4.64. The Labute approximate surface area is 154 Å². The lowest BCUT2D eigenvalue weighted by atomic mass is 10.2. The highest BCUT2D eigenvalue weighted by Crippen LogP contribution is 2.17. The molecule has 9 heteroatoms. The van der Waals surface area contributed by atoms with Crippen LogP contribution in [-0.2, 0) is 16.1 Å². The SMILES string of the molecule is CC(=O)Nc1cccc(NC(=O)Cn2nnc(-c3ccc(Cl)cc3)n2)c1. The maximum atomic E-state index is 12.2. The largest absolute Gasteiger partial charge is 0.326 e. The monoisotopic (exact) mass is 370 g/mol. The molecule has 0 bridgehead atoms. The molecule has 1 aromatic heterocycles. The summed E-state index contributed by atoms with van der Waals surface area (Å²) in [5.41, 5.74) is 1.91. The minimum absolute atomic E-state index is 0.0923. The first-order chi connectivity index (χ1) is 12.5. The highest BCUT2D eigenvalue weighted by atomic mass is 35.5. The molecule has 0 aliphatic carbocycles. The van der Waals surface area contributed by atoms with Gasteiger partial charge in [0.2, 0.25) is 17.6 Å². The van der Waals surface area contributed by atoms with Crippen LogP contribution in [0.25, 0.3) is 11.4 Å². The van der Waals surface area contributed by atoms with Crippen molar-refractivity contribution in [2.75, 3.05) is 10.6 Å². The van der Waals surface area contributed by atoms with Crippen molar-refractivity contribution in [1.82, 2.24) is 20.2 Å². The molecule has 0 saturated carbocycles. The van der Waals surface area contributed by atoms with Crippen LogP contribution in [0.3, 0.4) is 0 Å². The molecular weight excluding hydrogens is 356 g/mol. The van der Waals surface area contributed by atoms with E-state index in [2.05, 4.69) is 26.0 Å². The lowest BCUT2D eigenvalue weighted by Gasteiger charge is -2.07. The van der Waals surface area contributed by atoms with E-state index in [4.69, 9.17) is 11.6 Å². The van der Waals surface area contributed by atoms with Crippen LogP contribution >= 0.6 is 11.6 Å². The van der Waals surface area contributed by atoms with Gasteiger partial charge in [0.05, 0.1) is 0 Å². The number of aromatic nitrogens is 4. The number of tetrazole rings is 1. The van der Waals surface area contributed by atoms with Gasteiger partial charge in [0.1, 0.15) is 6.54 Å². The highest BCUT2D eigenvalue weighted by Gasteiger charge is 2.10. The molecule has 0 unspecified atom stereocenters. The quantitative estimate of drug-likeness (QED) is 0.718. The van der Waals surface area contributed by atoms with Crippen molar-refractivity contribution >= 4 is 34.8 Å². The number of carbonyl (C=O) groups is 2. The van der Waals surface area contributed by atoms with E-state index >= 15 is 0 Å². The van der Waals surface area contributed by atoms with Crippen molar-refractivity contribution in [1.29, 1.82) is 0 Å². The molecule has 2 aromatic carbocycles. The molecule has 8 nitrogen and oxygen atoms in total. The van der Waals surface area contributed by atoms with E-state index in [1.165, 1.54) is 11.7 Å². The number of halogens is 1. The van der Waals surface area contributed by atoms with E-state index in [9.17, 15) is 9.59 Å². The Morgan fingerprint density at radius 3 is 2.46 bits per heavy atom.